The second-order valence-electron chi connectivity index (χ2n) is 8.46. The molecule has 0 saturated carbocycles. The van der Waals surface area contributed by atoms with E-state index >= 15 is 0 Å². The van der Waals surface area contributed by atoms with Crippen LogP contribution in [-0.2, 0) is 30.5 Å². The molecule has 0 bridgehead atoms. The summed E-state index contributed by atoms with van der Waals surface area (Å²) in [7, 11) is -11.1. The summed E-state index contributed by atoms with van der Waals surface area (Å²) in [5.74, 6) is -0.382. The maximum Gasteiger partial charge on any atom is 0.296 e. The average Bonchev–Trinajstić information content (AvgIpc) is 2.91. The molecule has 42 heavy (non-hydrogen) atoms. The van der Waals surface area contributed by atoms with Gasteiger partial charge in [0.2, 0.25) is 10.3 Å². The SMILES string of the molecule is Nc1cc(NC(=O)c2ccc(C(CCCl)=S(=O)=O)cc2)ccc1S(=O)(=O)O.O=S(=O)(O)c1ccc(O)c2ccccc12. The Kier molecular flexibility index (Phi) is 10.3. The van der Waals surface area contributed by atoms with Gasteiger partial charge in [-0.2, -0.15) is 25.3 Å². The van der Waals surface area contributed by atoms with Gasteiger partial charge in [-0.1, -0.05) is 36.4 Å². The molecule has 0 spiro atoms. The van der Waals surface area contributed by atoms with E-state index in [0.29, 0.717) is 16.3 Å². The summed E-state index contributed by atoms with van der Waals surface area (Å²) in [6, 6.07) is 18.2. The number of nitrogens with two attached hydrogens (primary N) is 1. The van der Waals surface area contributed by atoms with Gasteiger partial charge < -0.3 is 16.2 Å². The second kappa shape index (κ2) is 13.3. The summed E-state index contributed by atoms with van der Waals surface area (Å²) in [5.41, 5.74) is 6.26. The molecule has 222 valence electrons. The minimum Gasteiger partial charge on any atom is -0.507 e. The van der Waals surface area contributed by atoms with Gasteiger partial charge in [0, 0.05) is 34.3 Å². The smallest absolute Gasteiger partial charge is 0.296 e. The van der Waals surface area contributed by atoms with Crippen molar-refractivity contribution in [3.05, 3.63) is 90.0 Å². The van der Waals surface area contributed by atoms with Crippen LogP contribution in [0.3, 0.4) is 0 Å². The zero-order valence-corrected chi connectivity index (χ0v) is 24.5. The Balaban J connectivity index is 0.000000271. The molecule has 0 aliphatic carbocycles. The number of phenols is 1. The Bertz CT molecular complexity index is 2000. The van der Waals surface area contributed by atoms with Crippen molar-refractivity contribution >= 4 is 75.0 Å². The number of benzene rings is 4. The first-order chi connectivity index (χ1) is 19.6. The fourth-order valence-electron chi connectivity index (χ4n) is 3.76. The van der Waals surface area contributed by atoms with Crippen LogP contribution in [0, 0.1) is 0 Å². The van der Waals surface area contributed by atoms with Crippen molar-refractivity contribution in [3.8, 4) is 5.75 Å². The quantitative estimate of drug-likeness (QED) is 0.0637. The van der Waals surface area contributed by atoms with Crippen LogP contribution in [0.5, 0.6) is 5.75 Å². The number of phenolic OH excluding ortho intramolecular Hbond substituents is 1. The van der Waals surface area contributed by atoms with Gasteiger partial charge in [0.05, 0.1) is 10.6 Å². The van der Waals surface area contributed by atoms with Crippen molar-refractivity contribution in [1.29, 1.82) is 0 Å². The molecule has 0 aliphatic heterocycles. The number of nitrogen functional groups attached to an aromatic ring is 1. The molecule has 4 aromatic carbocycles. The van der Waals surface area contributed by atoms with Gasteiger partial charge in [0.15, 0.2) is 0 Å². The molecular weight excluding hydrogens is 632 g/mol. The van der Waals surface area contributed by atoms with Crippen LogP contribution >= 0.6 is 11.6 Å². The molecule has 0 unspecified atom stereocenters. The average molecular weight is 655 g/mol. The third-order valence-corrected chi connectivity index (χ3v) is 8.55. The van der Waals surface area contributed by atoms with Gasteiger partial charge in [-0.05, 0) is 48.0 Å². The fourth-order valence-corrected chi connectivity index (χ4v) is 5.95. The summed E-state index contributed by atoms with van der Waals surface area (Å²) in [6.07, 6.45) is 0.169. The number of anilines is 2. The molecule has 16 heteroatoms. The summed E-state index contributed by atoms with van der Waals surface area (Å²) in [5, 5.41) is 12.7. The summed E-state index contributed by atoms with van der Waals surface area (Å²) in [6.45, 7) is 0. The topological polar surface area (TPSA) is 218 Å². The Morgan fingerprint density at radius 3 is 1.88 bits per heavy atom. The number of carbonyl (C=O) groups is 1. The van der Waals surface area contributed by atoms with E-state index in [4.69, 9.17) is 26.4 Å². The van der Waals surface area contributed by atoms with E-state index in [9.17, 15) is 35.2 Å². The number of aromatic hydroxyl groups is 1. The van der Waals surface area contributed by atoms with Crippen LogP contribution in [0.25, 0.3) is 10.8 Å². The Hall–Kier alpha value is -3.99. The van der Waals surface area contributed by atoms with E-state index in [1.54, 1.807) is 18.2 Å². The Morgan fingerprint density at radius 1 is 0.810 bits per heavy atom. The number of amides is 1. The first kappa shape index (κ1) is 32.5. The Morgan fingerprint density at radius 2 is 1.36 bits per heavy atom. The van der Waals surface area contributed by atoms with E-state index in [1.807, 2.05) is 0 Å². The van der Waals surface area contributed by atoms with Crippen molar-refractivity contribution in [3.63, 3.8) is 0 Å². The monoisotopic (exact) mass is 654 g/mol. The van der Waals surface area contributed by atoms with Crippen molar-refractivity contribution in [1.82, 2.24) is 0 Å². The van der Waals surface area contributed by atoms with Gasteiger partial charge in [-0.25, -0.2) is 0 Å². The number of rotatable bonds is 7. The molecular formula is C26H23ClN2O10S3. The van der Waals surface area contributed by atoms with Gasteiger partial charge in [-0.3, -0.25) is 13.9 Å². The van der Waals surface area contributed by atoms with Crippen molar-refractivity contribution in [2.45, 2.75) is 16.2 Å². The standard InChI is InChI=1S/C16H15ClN2O6S2.C10H8O4S/c17-8-7-14(26(21)22)10-1-3-11(4-2-10)16(20)19-12-5-6-15(13(18)9-12)27(23,24)25;11-9-5-6-10(15(12,13)14)8-4-2-1-3-7(8)9/h1-6,9H,7-8,18H2,(H,19,20)(H,23,24,25);1-6,11H,(H,12,13,14). The van der Waals surface area contributed by atoms with E-state index < -0.39 is 41.3 Å². The second-order valence-corrected chi connectivity index (χ2v) is 12.6. The van der Waals surface area contributed by atoms with Crippen LogP contribution in [0.15, 0.2) is 88.7 Å². The Labute approximate surface area is 247 Å². The summed E-state index contributed by atoms with van der Waals surface area (Å²) >= 11 is 5.59. The largest absolute Gasteiger partial charge is 0.507 e. The highest BCUT2D eigenvalue weighted by molar-refractivity contribution is 7.86. The highest BCUT2D eigenvalue weighted by Gasteiger charge is 2.16. The van der Waals surface area contributed by atoms with Crippen LogP contribution in [-0.4, -0.2) is 56.1 Å². The number of hydrogen-bond donors (Lipinski definition) is 5. The number of fused-ring (bicyclic) bond motifs is 1. The number of halogens is 1. The number of hydrogen-bond acceptors (Lipinski definition) is 9. The van der Waals surface area contributed by atoms with Gasteiger partial charge >= 0.3 is 0 Å². The first-order valence-corrected chi connectivity index (χ1v) is 16.1. The molecule has 0 saturated heterocycles. The minimum absolute atomic E-state index is 0.0157. The number of alkyl halides is 1. The first-order valence-electron chi connectivity index (χ1n) is 11.6. The van der Waals surface area contributed by atoms with Gasteiger partial charge in [-0.15, -0.1) is 11.6 Å². The molecule has 12 nitrogen and oxygen atoms in total. The summed E-state index contributed by atoms with van der Waals surface area (Å²) in [4.78, 5) is 11.8. The van der Waals surface area contributed by atoms with E-state index in [-0.39, 0.29) is 44.7 Å². The third kappa shape index (κ3) is 8.06. The predicted octanol–water partition coefficient (Wildman–Crippen LogP) is 3.59. The molecule has 4 aromatic rings. The molecule has 0 aliphatic rings. The highest BCUT2D eigenvalue weighted by Crippen LogP contribution is 2.29. The summed E-state index contributed by atoms with van der Waals surface area (Å²) < 4.78 is 84.8. The van der Waals surface area contributed by atoms with Crippen molar-refractivity contribution < 1.29 is 44.3 Å². The molecule has 0 fully saturated rings. The number of carbonyl (C=O) groups excluding carboxylic acids is 1. The van der Waals surface area contributed by atoms with Crippen LogP contribution in [0.1, 0.15) is 22.3 Å². The zero-order chi connectivity index (χ0) is 31.2. The minimum atomic E-state index is -4.46. The van der Waals surface area contributed by atoms with Crippen molar-refractivity contribution in [2.75, 3.05) is 16.9 Å². The highest BCUT2D eigenvalue weighted by atomic mass is 35.5. The molecule has 1 amide bonds. The van der Waals surface area contributed by atoms with E-state index in [2.05, 4.69) is 5.32 Å². The molecule has 6 N–H and O–H groups in total. The molecule has 4 rings (SSSR count). The lowest BCUT2D eigenvalue weighted by Crippen LogP contribution is -2.13. The maximum absolute atomic E-state index is 12.3. The third-order valence-electron chi connectivity index (χ3n) is 5.68. The predicted molar refractivity (Wildman–Crippen MR) is 159 cm³/mol. The van der Waals surface area contributed by atoms with Crippen LogP contribution in [0.4, 0.5) is 11.4 Å². The maximum atomic E-state index is 12.3. The number of nitrogens with one attached hydrogen (secondary N) is 1. The molecule has 0 atom stereocenters. The van der Waals surface area contributed by atoms with E-state index in [1.165, 1.54) is 54.6 Å². The van der Waals surface area contributed by atoms with Crippen LogP contribution < -0.4 is 11.1 Å². The van der Waals surface area contributed by atoms with Crippen molar-refractivity contribution in [2.24, 2.45) is 0 Å². The molecule has 0 aromatic heterocycles. The fraction of sp³-hybridized carbons (Fsp3) is 0.0769. The van der Waals surface area contributed by atoms with Crippen LogP contribution in [0.2, 0.25) is 0 Å². The van der Waals surface area contributed by atoms with Gasteiger partial charge in [0.1, 0.15) is 15.5 Å². The lowest BCUT2D eigenvalue weighted by molar-refractivity contribution is 0.102. The normalized spacial score (nSPS) is 11.3. The lowest BCUT2D eigenvalue weighted by Gasteiger charge is -2.09. The lowest BCUT2D eigenvalue weighted by atomic mass is 10.1. The molecule has 0 heterocycles. The molecule has 0 radical (unpaired) electrons. The van der Waals surface area contributed by atoms with E-state index in [0.717, 1.165) is 6.07 Å². The zero-order valence-electron chi connectivity index (χ0n) is 21.3. The van der Waals surface area contributed by atoms with Gasteiger partial charge in [0.25, 0.3) is 26.1 Å².